The Bertz CT molecular complexity index is 1350. The number of benzene rings is 2. The van der Waals surface area contributed by atoms with E-state index in [1.54, 1.807) is 16.8 Å². The number of anilines is 1. The molecule has 2 aliphatic rings. The van der Waals surface area contributed by atoms with Gasteiger partial charge in [0.05, 0.1) is 11.1 Å². The van der Waals surface area contributed by atoms with Crippen LogP contribution in [0.2, 0.25) is 0 Å². The van der Waals surface area contributed by atoms with Gasteiger partial charge in [0, 0.05) is 31.9 Å². The Hall–Kier alpha value is -3.43. The number of hydrogen-bond acceptors (Lipinski definition) is 6. The average Bonchev–Trinajstić information content (AvgIpc) is 3.25. The minimum absolute atomic E-state index is 0.0249. The third-order valence-electron chi connectivity index (χ3n) is 6.61. The minimum Gasteiger partial charge on any atom is -0.451 e. The SMILES string of the molecule is CN(C)CCCCNC(=O)c1cn2c3c(c(N4CC[C@H](N)C4)c(F)cc3c1=O)Oc1ccccc1-2. The lowest BCUT2D eigenvalue weighted by Gasteiger charge is -2.29. The largest absolute Gasteiger partial charge is 0.451 e. The first-order valence-electron chi connectivity index (χ1n) is 12.0. The first-order valence-corrected chi connectivity index (χ1v) is 12.0. The smallest absolute Gasteiger partial charge is 0.256 e. The number of hydrogen-bond donors (Lipinski definition) is 2. The molecule has 3 aromatic rings. The van der Waals surface area contributed by atoms with Crippen molar-refractivity contribution in [2.75, 3.05) is 45.2 Å². The summed E-state index contributed by atoms with van der Waals surface area (Å²) in [6, 6.07) is 8.49. The summed E-state index contributed by atoms with van der Waals surface area (Å²) in [6.45, 7) is 2.47. The molecule has 0 unspecified atom stereocenters. The number of aromatic nitrogens is 1. The summed E-state index contributed by atoms with van der Waals surface area (Å²) < 4.78 is 23.5. The van der Waals surface area contributed by atoms with Gasteiger partial charge in [0.2, 0.25) is 5.43 Å². The molecule has 9 heteroatoms. The normalized spacial score (nSPS) is 16.5. The number of nitrogens with two attached hydrogens (primary N) is 1. The van der Waals surface area contributed by atoms with E-state index in [4.69, 9.17) is 10.5 Å². The first kappa shape index (κ1) is 23.3. The van der Waals surface area contributed by atoms with E-state index in [9.17, 15) is 9.59 Å². The van der Waals surface area contributed by atoms with Crippen LogP contribution in [0, 0.1) is 5.82 Å². The molecular formula is C26H30FN5O3. The molecule has 1 fully saturated rings. The zero-order valence-electron chi connectivity index (χ0n) is 20.0. The van der Waals surface area contributed by atoms with Gasteiger partial charge >= 0.3 is 0 Å². The molecule has 2 aromatic carbocycles. The third kappa shape index (κ3) is 4.26. The van der Waals surface area contributed by atoms with Crippen molar-refractivity contribution in [2.24, 2.45) is 5.73 Å². The molecule has 0 bridgehead atoms. The molecule has 3 N–H and O–H groups in total. The van der Waals surface area contributed by atoms with Crippen LogP contribution in [0.15, 0.2) is 41.3 Å². The van der Waals surface area contributed by atoms with Gasteiger partial charge in [0.25, 0.3) is 5.91 Å². The highest BCUT2D eigenvalue weighted by Gasteiger charge is 2.32. The molecule has 1 aromatic heterocycles. The molecule has 0 aliphatic carbocycles. The van der Waals surface area contributed by atoms with Crippen LogP contribution in [-0.4, -0.2) is 61.7 Å². The Kier molecular flexibility index (Phi) is 6.21. The second kappa shape index (κ2) is 9.31. The van der Waals surface area contributed by atoms with Gasteiger partial charge in [-0.15, -0.1) is 0 Å². The number of nitrogens with one attached hydrogen (secondary N) is 1. The molecule has 1 amide bonds. The van der Waals surface area contributed by atoms with Crippen LogP contribution in [0.4, 0.5) is 10.1 Å². The molecule has 2 aliphatic heterocycles. The number of rotatable bonds is 7. The second-order valence-electron chi connectivity index (χ2n) is 9.51. The van der Waals surface area contributed by atoms with Crippen LogP contribution in [0.25, 0.3) is 16.6 Å². The maximum atomic E-state index is 15.5. The van der Waals surface area contributed by atoms with Gasteiger partial charge in [0.15, 0.2) is 17.3 Å². The highest BCUT2D eigenvalue weighted by atomic mass is 19.1. The number of pyridine rings is 1. The van der Waals surface area contributed by atoms with E-state index < -0.39 is 17.2 Å². The van der Waals surface area contributed by atoms with Crippen LogP contribution in [0.1, 0.15) is 29.6 Å². The molecular weight excluding hydrogens is 449 g/mol. The maximum Gasteiger partial charge on any atom is 0.256 e. The number of ether oxygens (including phenoxy) is 1. The van der Waals surface area contributed by atoms with Crippen molar-refractivity contribution in [1.82, 2.24) is 14.8 Å². The predicted molar refractivity (Wildman–Crippen MR) is 135 cm³/mol. The quantitative estimate of drug-likeness (QED) is 0.396. The summed E-state index contributed by atoms with van der Waals surface area (Å²) in [5.41, 5.74) is 6.97. The highest BCUT2D eigenvalue weighted by Crippen LogP contribution is 2.46. The Labute approximate surface area is 203 Å². The van der Waals surface area contributed by atoms with Crippen molar-refractivity contribution >= 4 is 22.5 Å². The Balaban J connectivity index is 1.60. The standard InChI is InChI=1S/C26H30FN5O3/c1-30(2)11-6-5-10-29-26(34)18-15-32-20-7-3-4-8-21(20)35-25-22(32)17(24(18)33)13-19(27)23(25)31-12-9-16(28)14-31/h3-4,7-8,13,15-16H,5-6,9-12,14,28H2,1-2H3,(H,29,34)/t16-/m0/s1. The van der Waals surface area contributed by atoms with Crippen LogP contribution in [0.5, 0.6) is 11.5 Å². The van der Waals surface area contributed by atoms with E-state index >= 15 is 4.39 Å². The number of fused-ring (bicyclic) bond motifs is 2. The van der Waals surface area contributed by atoms with Gasteiger partial charge in [-0.2, -0.15) is 0 Å². The number of nitrogens with zero attached hydrogens (tertiary/aromatic N) is 3. The lowest BCUT2D eigenvalue weighted by atomic mass is 10.1. The fourth-order valence-corrected chi connectivity index (χ4v) is 4.85. The minimum atomic E-state index is -0.564. The van der Waals surface area contributed by atoms with E-state index in [-0.39, 0.29) is 22.7 Å². The first-order chi connectivity index (χ1) is 16.8. The van der Waals surface area contributed by atoms with E-state index in [0.29, 0.717) is 42.3 Å². The zero-order chi connectivity index (χ0) is 24.7. The van der Waals surface area contributed by atoms with E-state index in [1.807, 2.05) is 37.2 Å². The van der Waals surface area contributed by atoms with E-state index in [0.717, 1.165) is 25.8 Å². The molecule has 1 saturated heterocycles. The number of carbonyl (C=O) groups is 1. The van der Waals surface area contributed by atoms with Crippen LogP contribution in [0.3, 0.4) is 0 Å². The fourth-order valence-electron chi connectivity index (χ4n) is 4.85. The zero-order valence-corrected chi connectivity index (χ0v) is 20.0. The molecule has 0 saturated carbocycles. The van der Waals surface area contributed by atoms with E-state index in [2.05, 4.69) is 10.2 Å². The topological polar surface area (TPSA) is 92.8 Å². The third-order valence-corrected chi connectivity index (χ3v) is 6.61. The number of para-hydroxylation sites is 2. The Morgan fingerprint density at radius 3 is 2.83 bits per heavy atom. The molecule has 184 valence electrons. The maximum absolute atomic E-state index is 15.5. The van der Waals surface area contributed by atoms with Crippen LogP contribution in [-0.2, 0) is 0 Å². The highest BCUT2D eigenvalue weighted by molar-refractivity contribution is 6.01. The molecule has 0 radical (unpaired) electrons. The predicted octanol–water partition coefficient (Wildman–Crippen LogP) is 2.84. The lowest BCUT2D eigenvalue weighted by Crippen LogP contribution is -2.32. The molecule has 35 heavy (non-hydrogen) atoms. The van der Waals surface area contributed by atoms with Gasteiger partial charge < -0.3 is 30.2 Å². The summed E-state index contributed by atoms with van der Waals surface area (Å²) in [5.74, 6) is -0.229. The van der Waals surface area contributed by atoms with Crippen molar-refractivity contribution in [1.29, 1.82) is 0 Å². The van der Waals surface area contributed by atoms with Gasteiger partial charge in [0.1, 0.15) is 16.8 Å². The molecule has 1 atom stereocenters. The number of unbranched alkanes of at least 4 members (excludes halogenated alkanes) is 1. The van der Waals surface area contributed by atoms with Gasteiger partial charge in [-0.05, 0) is 58.1 Å². The summed E-state index contributed by atoms with van der Waals surface area (Å²) in [7, 11) is 4.00. The molecule has 5 rings (SSSR count). The Morgan fingerprint density at radius 1 is 1.29 bits per heavy atom. The average molecular weight is 480 g/mol. The number of carbonyl (C=O) groups excluding carboxylic acids is 1. The van der Waals surface area contributed by atoms with Crippen molar-refractivity contribution in [2.45, 2.75) is 25.3 Å². The van der Waals surface area contributed by atoms with Crippen LogP contribution >= 0.6 is 0 Å². The van der Waals surface area contributed by atoms with Gasteiger partial charge in [-0.1, -0.05) is 12.1 Å². The molecule has 8 nitrogen and oxygen atoms in total. The molecule has 0 spiro atoms. The van der Waals surface area contributed by atoms with Crippen molar-refractivity contribution in [3.8, 4) is 17.2 Å². The fraction of sp³-hybridized carbons (Fsp3) is 0.385. The summed E-state index contributed by atoms with van der Waals surface area (Å²) in [4.78, 5) is 30.4. The lowest BCUT2D eigenvalue weighted by molar-refractivity contribution is 0.0951. The van der Waals surface area contributed by atoms with Gasteiger partial charge in [-0.25, -0.2) is 4.39 Å². The summed E-state index contributed by atoms with van der Waals surface area (Å²) >= 11 is 0. The number of halogens is 1. The van der Waals surface area contributed by atoms with Crippen molar-refractivity contribution in [3.63, 3.8) is 0 Å². The monoisotopic (exact) mass is 479 g/mol. The van der Waals surface area contributed by atoms with Crippen molar-refractivity contribution < 1.29 is 13.9 Å². The molecule has 3 heterocycles. The Morgan fingerprint density at radius 2 is 2.09 bits per heavy atom. The second-order valence-corrected chi connectivity index (χ2v) is 9.51. The summed E-state index contributed by atoms with van der Waals surface area (Å²) in [5, 5.41) is 2.95. The van der Waals surface area contributed by atoms with Crippen molar-refractivity contribution in [3.05, 3.63) is 58.1 Å². The van der Waals surface area contributed by atoms with Crippen LogP contribution < -0.4 is 26.1 Å². The van der Waals surface area contributed by atoms with Gasteiger partial charge in [-0.3, -0.25) is 9.59 Å². The summed E-state index contributed by atoms with van der Waals surface area (Å²) in [6.07, 6.45) is 4.01. The number of amides is 1. The van der Waals surface area contributed by atoms with E-state index in [1.165, 1.54) is 6.07 Å².